The first-order valence-corrected chi connectivity index (χ1v) is 10.5. The summed E-state index contributed by atoms with van der Waals surface area (Å²) < 4.78 is 0. The van der Waals surface area contributed by atoms with Crippen molar-refractivity contribution in [1.82, 2.24) is 10.3 Å². The molecular weight excluding hydrogens is 350 g/mol. The highest BCUT2D eigenvalue weighted by Gasteiger charge is 2.07. The fourth-order valence-electron chi connectivity index (χ4n) is 2.87. The highest BCUT2D eigenvalue weighted by Crippen LogP contribution is 2.19. The lowest BCUT2D eigenvalue weighted by molar-refractivity contribution is 0.524. The number of nitrogens with zero attached hydrogens (tertiary/aromatic N) is 2. The summed E-state index contributed by atoms with van der Waals surface area (Å²) in [4.78, 5) is 8.59. The van der Waals surface area contributed by atoms with Gasteiger partial charge in [-0.3, -0.25) is 4.99 Å². The molecule has 0 saturated heterocycles. The van der Waals surface area contributed by atoms with E-state index >= 15 is 0 Å². The molecule has 0 aliphatic carbocycles. The second kappa shape index (κ2) is 15.3. The van der Waals surface area contributed by atoms with Gasteiger partial charge < -0.3 is 5.32 Å². The molecule has 1 heterocycles. The quantitative estimate of drug-likeness (QED) is 0.185. The van der Waals surface area contributed by atoms with Crippen molar-refractivity contribution >= 4 is 18.8 Å². The Morgan fingerprint density at radius 2 is 2.15 bits per heavy atom. The molecule has 0 fully saturated rings. The Morgan fingerprint density at radius 1 is 1.30 bits per heavy atom. The summed E-state index contributed by atoms with van der Waals surface area (Å²) in [5, 5.41) is 3.44. The molecule has 0 amide bonds. The summed E-state index contributed by atoms with van der Waals surface area (Å²) in [7, 11) is 1.76. The van der Waals surface area contributed by atoms with E-state index in [-0.39, 0.29) is 0 Å². The largest absolute Gasteiger partial charge is 0.383 e. The molecule has 4 heteroatoms. The predicted molar refractivity (Wildman–Crippen MR) is 123 cm³/mol. The number of hydrogen-bond donors (Lipinski definition) is 2. The van der Waals surface area contributed by atoms with Gasteiger partial charge in [-0.1, -0.05) is 43.4 Å². The van der Waals surface area contributed by atoms with Gasteiger partial charge in [0.25, 0.3) is 0 Å². The summed E-state index contributed by atoms with van der Waals surface area (Å²) in [6.07, 6.45) is 17.6. The van der Waals surface area contributed by atoms with Crippen LogP contribution in [-0.2, 0) is 6.54 Å². The van der Waals surface area contributed by atoms with Crippen LogP contribution in [0.2, 0.25) is 0 Å². The maximum atomic E-state index is 4.57. The lowest BCUT2D eigenvalue weighted by Crippen LogP contribution is -2.15. The Balaban J connectivity index is 2.49. The van der Waals surface area contributed by atoms with Crippen LogP contribution in [0.3, 0.4) is 0 Å². The number of aliphatic imine (C=N–C) groups is 1. The number of pyridine rings is 1. The molecule has 3 nitrogen and oxygen atoms in total. The fraction of sp³-hybridized carbons (Fsp3) is 0.478. The van der Waals surface area contributed by atoms with E-state index in [4.69, 9.17) is 0 Å². The molecule has 0 bridgehead atoms. The minimum Gasteiger partial charge on any atom is -0.383 e. The minimum absolute atomic E-state index is 0.530. The minimum atomic E-state index is 0.530. The Bertz CT molecular complexity index is 620. The maximum Gasteiger partial charge on any atom is 0.0811 e. The van der Waals surface area contributed by atoms with E-state index in [9.17, 15) is 0 Å². The summed E-state index contributed by atoms with van der Waals surface area (Å²) in [5.74, 6) is 1.43. The van der Waals surface area contributed by atoms with Gasteiger partial charge in [-0.2, -0.15) is 12.6 Å². The molecule has 1 N–H and O–H groups in total. The smallest absolute Gasteiger partial charge is 0.0811 e. The average molecular weight is 386 g/mol. The van der Waals surface area contributed by atoms with Crippen LogP contribution in [0.5, 0.6) is 0 Å². The van der Waals surface area contributed by atoms with E-state index in [1.54, 1.807) is 13.3 Å². The molecule has 1 rings (SSSR count). The average Bonchev–Trinajstić information content (AvgIpc) is 2.67. The number of thiol groups is 1. The Hall–Kier alpha value is -1.81. The summed E-state index contributed by atoms with van der Waals surface area (Å²) in [6, 6.07) is 6.00. The highest BCUT2D eigenvalue weighted by molar-refractivity contribution is 7.80. The standard InChI is InChI=1S/C23H35N3S/c1-4-5-6-7-8-12-21(13-9-10-16-27)17-20(2)25-19-23-15-11-14-22(26-23)18-24-3/h4-5,9,11,13-15,18,21,25,27H,2,6-8,10,12,16-17,19H2,1,3H3/b5-4+,13-9+,24-18+/t21-/m1/s1. The van der Waals surface area contributed by atoms with Crippen LogP contribution in [0, 0.1) is 5.92 Å². The third kappa shape index (κ3) is 11.5. The molecule has 0 aliphatic rings. The number of allylic oxidation sites excluding steroid dienone is 5. The van der Waals surface area contributed by atoms with Crippen LogP contribution in [0.1, 0.15) is 56.8 Å². The maximum absolute atomic E-state index is 4.57. The van der Waals surface area contributed by atoms with Crippen molar-refractivity contribution in [3.8, 4) is 0 Å². The molecule has 0 aromatic carbocycles. The van der Waals surface area contributed by atoms with E-state index in [0.717, 1.165) is 35.7 Å². The summed E-state index contributed by atoms with van der Waals surface area (Å²) >= 11 is 4.29. The lowest BCUT2D eigenvalue weighted by Gasteiger charge is -2.16. The zero-order valence-electron chi connectivity index (χ0n) is 16.9. The Kier molecular flexibility index (Phi) is 13.1. The zero-order chi connectivity index (χ0) is 19.7. The molecule has 0 radical (unpaired) electrons. The van der Waals surface area contributed by atoms with Gasteiger partial charge in [0.1, 0.15) is 0 Å². The van der Waals surface area contributed by atoms with Gasteiger partial charge in [0.05, 0.1) is 17.9 Å². The van der Waals surface area contributed by atoms with Crippen molar-refractivity contribution < 1.29 is 0 Å². The van der Waals surface area contributed by atoms with Crippen LogP contribution in [0.25, 0.3) is 0 Å². The van der Waals surface area contributed by atoms with Crippen LogP contribution in [0.4, 0.5) is 0 Å². The second-order valence-electron chi connectivity index (χ2n) is 6.66. The first kappa shape index (κ1) is 23.2. The Morgan fingerprint density at radius 3 is 2.89 bits per heavy atom. The van der Waals surface area contributed by atoms with Crippen molar-refractivity contribution in [2.75, 3.05) is 12.8 Å². The van der Waals surface area contributed by atoms with E-state index in [1.807, 2.05) is 18.2 Å². The number of aromatic nitrogens is 1. The van der Waals surface area contributed by atoms with E-state index in [0.29, 0.717) is 12.5 Å². The third-order valence-electron chi connectivity index (χ3n) is 4.25. The van der Waals surface area contributed by atoms with Crippen molar-refractivity contribution in [2.45, 2.75) is 52.0 Å². The zero-order valence-corrected chi connectivity index (χ0v) is 17.8. The summed E-state index contributed by atoms with van der Waals surface area (Å²) in [5.41, 5.74) is 2.96. The van der Waals surface area contributed by atoms with Crippen molar-refractivity contribution in [2.24, 2.45) is 10.9 Å². The highest BCUT2D eigenvalue weighted by atomic mass is 32.1. The molecule has 148 valence electrons. The van der Waals surface area contributed by atoms with Crippen molar-refractivity contribution in [3.63, 3.8) is 0 Å². The molecule has 0 unspecified atom stereocenters. The third-order valence-corrected chi connectivity index (χ3v) is 4.51. The molecule has 1 aromatic rings. The van der Waals surface area contributed by atoms with Crippen molar-refractivity contribution in [3.05, 3.63) is 66.2 Å². The van der Waals surface area contributed by atoms with Gasteiger partial charge in [0, 0.05) is 19.0 Å². The van der Waals surface area contributed by atoms with Gasteiger partial charge in [-0.05, 0) is 62.8 Å². The van der Waals surface area contributed by atoms with Crippen LogP contribution in [0.15, 0.2) is 59.8 Å². The van der Waals surface area contributed by atoms with Gasteiger partial charge in [-0.25, -0.2) is 4.98 Å². The number of hydrogen-bond acceptors (Lipinski definition) is 4. The van der Waals surface area contributed by atoms with E-state index < -0.39 is 0 Å². The molecule has 0 saturated carbocycles. The number of unbranched alkanes of at least 4 members (excludes halogenated alkanes) is 2. The van der Waals surface area contributed by atoms with Crippen LogP contribution >= 0.6 is 12.6 Å². The molecule has 0 aliphatic heterocycles. The Labute approximate surface area is 171 Å². The fourth-order valence-corrected chi connectivity index (χ4v) is 3.02. The molecule has 1 aromatic heterocycles. The second-order valence-corrected chi connectivity index (χ2v) is 7.10. The first-order chi connectivity index (χ1) is 13.2. The monoisotopic (exact) mass is 385 g/mol. The SMILES string of the molecule is C=C(C[C@@H](/C=C/CCS)CCCC/C=C/C)NCc1cccc(/C=N/C)n1. The lowest BCUT2D eigenvalue weighted by atomic mass is 9.95. The predicted octanol–water partition coefficient (Wildman–Crippen LogP) is 5.75. The summed E-state index contributed by atoms with van der Waals surface area (Å²) in [6.45, 7) is 7.00. The molecule has 27 heavy (non-hydrogen) atoms. The molecule has 1 atom stereocenters. The van der Waals surface area contributed by atoms with Gasteiger partial charge in [0.15, 0.2) is 0 Å². The number of rotatable bonds is 14. The molecular formula is C23H35N3S. The molecule has 0 spiro atoms. The van der Waals surface area contributed by atoms with Crippen LogP contribution in [-0.4, -0.2) is 24.0 Å². The number of nitrogens with one attached hydrogen (secondary N) is 1. The first-order valence-electron chi connectivity index (χ1n) is 9.88. The van der Waals surface area contributed by atoms with Crippen LogP contribution < -0.4 is 5.32 Å². The normalized spacial score (nSPS) is 13.0. The van der Waals surface area contributed by atoms with Gasteiger partial charge in [-0.15, -0.1) is 0 Å². The van der Waals surface area contributed by atoms with Gasteiger partial charge >= 0.3 is 0 Å². The van der Waals surface area contributed by atoms with Gasteiger partial charge in [0.2, 0.25) is 0 Å². The van der Waals surface area contributed by atoms with Crippen molar-refractivity contribution in [1.29, 1.82) is 0 Å². The van der Waals surface area contributed by atoms with E-state index in [2.05, 4.69) is 65.7 Å². The topological polar surface area (TPSA) is 37.3 Å². The van der Waals surface area contributed by atoms with E-state index in [1.165, 1.54) is 25.7 Å².